The van der Waals surface area contributed by atoms with Crippen molar-refractivity contribution in [2.45, 2.75) is 22.5 Å². The number of nitrogens with zero attached hydrogens (tertiary/aromatic N) is 2. The first kappa shape index (κ1) is 22.3. The third-order valence-electron chi connectivity index (χ3n) is 5.79. The molecule has 2 aromatic carbocycles. The van der Waals surface area contributed by atoms with Gasteiger partial charge in [0.2, 0.25) is 0 Å². The lowest BCUT2D eigenvalue weighted by atomic mass is 10.1. The van der Waals surface area contributed by atoms with Crippen LogP contribution in [0.5, 0.6) is 0 Å². The maximum Gasteiger partial charge on any atom is 0.189 e. The van der Waals surface area contributed by atoms with E-state index in [0.29, 0.717) is 36.0 Å². The number of rotatable bonds is 6. The van der Waals surface area contributed by atoms with Crippen LogP contribution in [-0.2, 0) is 14.6 Å². The Labute approximate surface area is 202 Å². The van der Waals surface area contributed by atoms with Crippen molar-refractivity contribution >= 4 is 38.7 Å². The molecule has 0 saturated heterocycles. The van der Waals surface area contributed by atoms with E-state index in [-0.39, 0.29) is 10.7 Å². The molecule has 6 N–H and O–H groups in total. The molecule has 1 saturated carbocycles. The summed E-state index contributed by atoms with van der Waals surface area (Å²) in [6, 6.07) is 17.4. The van der Waals surface area contributed by atoms with Gasteiger partial charge >= 0.3 is 0 Å². The lowest BCUT2D eigenvalue weighted by Crippen LogP contribution is -2.30. The molecule has 5 rings (SSSR count). The van der Waals surface area contributed by atoms with Crippen molar-refractivity contribution in [2.75, 3.05) is 17.6 Å². The number of nitrogens with two attached hydrogens (primary N) is 1. The minimum atomic E-state index is -3.62. The van der Waals surface area contributed by atoms with Crippen LogP contribution in [-0.4, -0.2) is 30.0 Å². The Kier molecular flexibility index (Phi) is 5.68. The molecule has 0 radical (unpaired) electrons. The third-order valence-corrected chi connectivity index (χ3v) is 8.53. The topological polar surface area (TPSA) is 134 Å². The molecule has 1 aliphatic heterocycles. The van der Waals surface area contributed by atoms with Crippen LogP contribution in [0.1, 0.15) is 18.5 Å². The predicted molar refractivity (Wildman–Crippen MR) is 135 cm³/mol. The van der Waals surface area contributed by atoms with Gasteiger partial charge in [0.15, 0.2) is 20.8 Å². The number of sulfone groups is 1. The van der Waals surface area contributed by atoms with Gasteiger partial charge in [-0.1, -0.05) is 18.2 Å². The Morgan fingerprint density at radius 1 is 1.03 bits per heavy atom. The number of nitrogen functional groups attached to an aromatic ring is 1. The lowest BCUT2D eigenvalue weighted by Gasteiger charge is -2.17. The molecule has 1 fully saturated rings. The van der Waals surface area contributed by atoms with E-state index in [1.807, 2.05) is 24.3 Å². The van der Waals surface area contributed by atoms with Crippen LogP contribution in [0.25, 0.3) is 11.4 Å². The summed E-state index contributed by atoms with van der Waals surface area (Å²) < 4.78 is 25.7. The summed E-state index contributed by atoms with van der Waals surface area (Å²) in [6.07, 6.45) is 2.79. The summed E-state index contributed by atoms with van der Waals surface area (Å²) in [5, 5.41) is 6.69. The maximum absolute atomic E-state index is 13.4. The van der Waals surface area contributed by atoms with E-state index in [2.05, 4.69) is 31.5 Å². The number of hydrogen-bond donors (Lipinski definition) is 5. The second kappa shape index (κ2) is 8.67. The zero-order valence-corrected chi connectivity index (χ0v) is 19.7. The molecule has 2 heterocycles. The van der Waals surface area contributed by atoms with E-state index in [4.69, 9.17) is 18.0 Å². The number of hydrazine groups is 1. The smallest absolute Gasteiger partial charge is 0.189 e. The van der Waals surface area contributed by atoms with E-state index in [1.165, 1.54) is 0 Å². The highest BCUT2D eigenvalue weighted by atomic mass is 32.2. The molecular weight excluding hydrogens is 470 g/mol. The summed E-state index contributed by atoms with van der Waals surface area (Å²) in [7, 11) is -3.62. The van der Waals surface area contributed by atoms with Crippen LogP contribution in [0.3, 0.4) is 0 Å². The van der Waals surface area contributed by atoms with Gasteiger partial charge in [0.25, 0.3) is 0 Å². The SMILES string of the molecule is Nc1cc(C2(S(=O)(=O)c3ccccc3)CC2)nc(-c2ccc(NC(=S)NC3=CNNC3)cc2)n1. The molecule has 0 spiro atoms. The summed E-state index contributed by atoms with van der Waals surface area (Å²) >= 11 is 5.34. The summed E-state index contributed by atoms with van der Waals surface area (Å²) in [5.74, 6) is 0.610. The first-order valence-electron chi connectivity index (χ1n) is 10.7. The number of aromatic nitrogens is 2. The summed E-state index contributed by atoms with van der Waals surface area (Å²) in [5.41, 5.74) is 14.8. The molecule has 0 unspecified atom stereocenters. The normalized spacial score (nSPS) is 16.3. The van der Waals surface area contributed by atoms with Gasteiger partial charge in [-0.3, -0.25) is 0 Å². The van der Waals surface area contributed by atoms with E-state index < -0.39 is 14.6 Å². The Morgan fingerprint density at radius 3 is 2.41 bits per heavy atom. The minimum Gasteiger partial charge on any atom is -0.384 e. The number of benzene rings is 2. The van der Waals surface area contributed by atoms with Crippen molar-refractivity contribution in [1.82, 2.24) is 26.1 Å². The molecule has 174 valence electrons. The van der Waals surface area contributed by atoms with E-state index in [9.17, 15) is 8.42 Å². The number of hydrogen-bond acceptors (Lipinski definition) is 8. The average molecular weight is 494 g/mol. The van der Waals surface area contributed by atoms with Crippen LogP contribution >= 0.6 is 12.2 Å². The van der Waals surface area contributed by atoms with Crippen LogP contribution in [0.4, 0.5) is 11.5 Å². The molecule has 0 bridgehead atoms. The van der Waals surface area contributed by atoms with Crippen LogP contribution in [0, 0.1) is 0 Å². The zero-order chi connectivity index (χ0) is 23.8. The van der Waals surface area contributed by atoms with Crippen molar-refractivity contribution in [3.05, 3.63) is 78.3 Å². The van der Waals surface area contributed by atoms with Gasteiger partial charge in [-0.2, -0.15) is 0 Å². The lowest BCUT2D eigenvalue weighted by molar-refractivity contribution is 0.578. The standard InChI is InChI=1S/C23H23N7O2S2/c24-20-12-19(23(10-11-23)34(31,32)18-4-2-1-3-5-18)29-21(30-20)15-6-8-16(9-7-15)27-22(33)28-17-13-25-26-14-17/h1-9,12-13,25-26H,10-11,14H2,(H2,24,29,30)(H2,27,28,33). The van der Waals surface area contributed by atoms with Crippen molar-refractivity contribution in [1.29, 1.82) is 0 Å². The van der Waals surface area contributed by atoms with E-state index >= 15 is 0 Å². The van der Waals surface area contributed by atoms with Gasteiger partial charge < -0.3 is 21.8 Å². The van der Waals surface area contributed by atoms with Gasteiger partial charge in [-0.25, -0.2) is 23.8 Å². The Hall–Kier alpha value is -3.54. The third kappa shape index (κ3) is 4.20. The fraction of sp³-hybridized carbons (Fsp3) is 0.174. The second-order valence-electron chi connectivity index (χ2n) is 8.14. The Bertz CT molecular complexity index is 1370. The average Bonchev–Trinajstić information content (AvgIpc) is 3.51. The highest BCUT2D eigenvalue weighted by Crippen LogP contribution is 2.54. The Morgan fingerprint density at radius 2 is 1.76 bits per heavy atom. The maximum atomic E-state index is 13.4. The summed E-state index contributed by atoms with van der Waals surface area (Å²) in [6.45, 7) is 0.650. The zero-order valence-electron chi connectivity index (χ0n) is 18.1. The molecule has 3 aromatic rings. The summed E-state index contributed by atoms with van der Waals surface area (Å²) in [4.78, 5) is 9.27. The molecule has 9 nitrogen and oxygen atoms in total. The molecule has 0 atom stereocenters. The van der Waals surface area contributed by atoms with Gasteiger partial charge in [0.1, 0.15) is 10.6 Å². The largest absolute Gasteiger partial charge is 0.384 e. The first-order valence-corrected chi connectivity index (χ1v) is 12.6. The fourth-order valence-electron chi connectivity index (χ4n) is 3.86. The van der Waals surface area contributed by atoms with Crippen LogP contribution < -0.4 is 27.2 Å². The molecule has 0 amide bonds. The predicted octanol–water partition coefficient (Wildman–Crippen LogP) is 2.42. The van der Waals surface area contributed by atoms with E-state index in [1.54, 1.807) is 42.6 Å². The van der Waals surface area contributed by atoms with E-state index in [0.717, 1.165) is 16.9 Å². The van der Waals surface area contributed by atoms with Gasteiger partial charge in [-0.05, 0) is 61.5 Å². The highest BCUT2D eigenvalue weighted by molar-refractivity contribution is 7.92. The molecule has 1 aromatic heterocycles. The van der Waals surface area contributed by atoms with Gasteiger partial charge in [0, 0.05) is 23.5 Å². The molecule has 1 aliphatic carbocycles. The molecular formula is C23H23N7O2S2. The number of thiocarbonyl (C=S) groups is 1. The van der Waals surface area contributed by atoms with Crippen molar-refractivity contribution in [3.63, 3.8) is 0 Å². The fourth-order valence-corrected chi connectivity index (χ4v) is 6.09. The highest BCUT2D eigenvalue weighted by Gasteiger charge is 2.57. The molecule has 34 heavy (non-hydrogen) atoms. The van der Waals surface area contributed by atoms with Crippen LogP contribution in [0.15, 0.2) is 77.5 Å². The quantitative estimate of drug-likeness (QED) is 0.326. The second-order valence-corrected chi connectivity index (χ2v) is 10.8. The van der Waals surface area contributed by atoms with Crippen molar-refractivity contribution in [3.8, 4) is 11.4 Å². The number of anilines is 2. The van der Waals surface area contributed by atoms with Crippen molar-refractivity contribution in [2.24, 2.45) is 0 Å². The van der Waals surface area contributed by atoms with Crippen LogP contribution in [0.2, 0.25) is 0 Å². The van der Waals surface area contributed by atoms with Gasteiger partial charge in [0.05, 0.1) is 22.8 Å². The molecule has 2 aliphatic rings. The Balaban J connectivity index is 1.38. The minimum absolute atomic E-state index is 0.231. The monoisotopic (exact) mass is 493 g/mol. The number of nitrogens with one attached hydrogen (secondary N) is 4. The molecule has 11 heteroatoms. The first-order chi connectivity index (χ1) is 16.4. The van der Waals surface area contributed by atoms with Gasteiger partial charge in [-0.15, -0.1) is 0 Å². The van der Waals surface area contributed by atoms with Crippen molar-refractivity contribution < 1.29 is 8.42 Å².